The Bertz CT molecular complexity index is 21.2. The molecule has 0 bridgehead atoms. The Morgan fingerprint density at radius 2 is 2.00 bits per heavy atom. The van der Waals surface area contributed by atoms with Gasteiger partial charge in [0.25, 0.3) is 0 Å². The lowest BCUT2D eigenvalue weighted by Gasteiger charge is -1.48. The molecule has 0 rings (SSSR count). The zero-order valence-corrected chi connectivity index (χ0v) is 3.62. The molecular weight excluding hydrogens is 118 g/mol. The molecule has 0 fully saturated rings. The minimum atomic E-state index is 1.17. The van der Waals surface area contributed by atoms with E-state index in [4.69, 9.17) is 5.73 Å². The highest BCUT2D eigenvalue weighted by atomic mass is 79.9. The summed E-state index contributed by atoms with van der Waals surface area (Å²) in [6, 6.07) is 0. The summed E-state index contributed by atoms with van der Waals surface area (Å²) in [4.78, 5) is 1.48. The summed E-state index contributed by atoms with van der Waals surface area (Å²) in [7, 11) is 0. The maximum absolute atomic E-state index is 6.22. The van der Waals surface area contributed by atoms with Gasteiger partial charge in [-0.25, -0.2) is 0 Å². The van der Waals surface area contributed by atoms with E-state index in [1.54, 1.807) is 0 Å². The van der Waals surface area contributed by atoms with Crippen LogP contribution in [0.15, 0.2) is 11.2 Å². The fourth-order valence-corrected chi connectivity index (χ4v) is 0. The van der Waals surface area contributed by atoms with Crippen molar-refractivity contribution in [1.82, 2.24) is 5.73 Å². The third kappa shape index (κ3) is 2.02. The molecule has 0 aromatic carbocycles. The van der Waals surface area contributed by atoms with Crippen molar-refractivity contribution in [3.05, 3.63) is 11.2 Å². The van der Waals surface area contributed by atoms with Crippen molar-refractivity contribution in [2.75, 3.05) is 0 Å². The molecule has 0 aromatic rings. The van der Waals surface area contributed by atoms with Crippen LogP contribution in [0.1, 0.15) is 0 Å². The van der Waals surface area contributed by atoms with Gasteiger partial charge in [-0.15, -0.1) is 0 Å². The summed E-state index contributed by atoms with van der Waals surface area (Å²) in [5.41, 5.74) is 6.22. The van der Waals surface area contributed by atoms with Crippen molar-refractivity contribution in [2.45, 2.75) is 0 Å². The van der Waals surface area contributed by atoms with Gasteiger partial charge in [0.1, 0.15) is 0 Å². The smallest absolute Gasteiger partial charge is 0.0247 e. The molecule has 0 aromatic heterocycles. The molecule has 4 heavy (non-hydrogen) atoms. The van der Waals surface area contributed by atoms with Gasteiger partial charge < -0.3 is 5.73 Å². The van der Waals surface area contributed by atoms with E-state index in [2.05, 4.69) is 15.9 Å². The van der Waals surface area contributed by atoms with Crippen molar-refractivity contribution in [2.24, 2.45) is 0 Å². The zero-order valence-electron chi connectivity index (χ0n) is 2.03. The molecule has 1 N–H and O–H groups in total. The average Bonchev–Trinajstić information content (AvgIpc) is 1.37. The Balaban J connectivity index is 2.55. The van der Waals surface area contributed by atoms with Gasteiger partial charge in [0.15, 0.2) is 0 Å². The Kier molecular flexibility index (Phi) is 3.04. The van der Waals surface area contributed by atoms with Crippen LogP contribution in [0.4, 0.5) is 0 Å². The summed E-state index contributed by atoms with van der Waals surface area (Å²) in [5.74, 6) is 0. The van der Waals surface area contributed by atoms with Crippen molar-refractivity contribution < 1.29 is 0 Å². The lowest BCUT2D eigenvalue weighted by Crippen LogP contribution is -1.39. The average molecular weight is 121 g/mol. The third-order valence-corrected chi connectivity index (χ3v) is 0.327. The molecule has 0 aliphatic carbocycles. The van der Waals surface area contributed by atoms with E-state index >= 15 is 0 Å². The predicted molar refractivity (Wildman–Crippen MR) is 21.2 cm³/mol. The molecule has 0 atom stereocenters. The monoisotopic (exact) mass is 120 g/mol. The van der Waals surface area contributed by atoms with E-state index in [9.17, 15) is 0 Å². The number of hydrogen-bond acceptors (Lipinski definition) is 0. The summed E-state index contributed by atoms with van der Waals surface area (Å²) < 4.78 is 0. The van der Waals surface area contributed by atoms with Gasteiger partial charge >= 0.3 is 0 Å². The van der Waals surface area contributed by atoms with E-state index in [0.717, 1.165) is 0 Å². The molecule has 0 spiro atoms. The maximum Gasteiger partial charge on any atom is 0.0247 e. The molecule has 1 radical (unpaired) electrons. The van der Waals surface area contributed by atoms with E-state index < -0.39 is 0 Å². The summed E-state index contributed by atoms with van der Waals surface area (Å²) in [6.45, 7) is 0. The normalized spacial score (nSPS) is 9.25. The van der Waals surface area contributed by atoms with Gasteiger partial charge in [-0.2, -0.15) is 0 Å². The van der Waals surface area contributed by atoms with Crippen molar-refractivity contribution in [1.29, 1.82) is 0 Å². The van der Waals surface area contributed by atoms with E-state index in [-0.39, 0.29) is 0 Å². The third-order valence-electron chi connectivity index (χ3n) is 0.0630. The first kappa shape index (κ1) is 4.02. The molecule has 0 aliphatic heterocycles. The van der Waals surface area contributed by atoms with E-state index in [1.165, 1.54) is 11.2 Å². The predicted octanol–water partition coefficient (Wildman–Crippen LogP) is 1.14. The molecule has 0 saturated carbocycles. The quantitative estimate of drug-likeness (QED) is 0.458. The van der Waals surface area contributed by atoms with Crippen LogP contribution in [0.2, 0.25) is 0 Å². The van der Waals surface area contributed by atoms with Gasteiger partial charge in [-0.3, -0.25) is 0 Å². The second kappa shape index (κ2) is 3.02. The second-order valence-electron chi connectivity index (χ2n) is 0.293. The lowest BCUT2D eigenvalue weighted by atomic mass is 11.1. The Morgan fingerprint density at radius 1 is 1.75 bits per heavy atom. The van der Waals surface area contributed by atoms with Gasteiger partial charge in [-0.05, 0) is 4.99 Å². The molecule has 0 heterocycles. The number of rotatable bonds is 0. The molecule has 0 saturated heterocycles. The molecular formula is C2H3BrN. The van der Waals surface area contributed by atoms with Crippen LogP contribution in [0.5, 0.6) is 0 Å². The highest BCUT2D eigenvalue weighted by Crippen LogP contribution is 1.73. The van der Waals surface area contributed by atoms with Crippen LogP contribution < -0.4 is 5.73 Å². The topological polar surface area (TPSA) is 23.8 Å². The second-order valence-corrected chi connectivity index (χ2v) is 0.821. The minimum absolute atomic E-state index is 1.17. The fourth-order valence-electron chi connectivity index (χ4n) is 0. The van der Waals surface area contributed by atoms with Crippen LogP contribution in [-0.2, 0) is 0 Å². The summed E-state index contributed by atoms with van der Waals surface area (Å²) in [6.07, 6.45) is 1.17. The molecule has 1 nitrogen and oxygen atoms in total. The Hall–Kier alpha value is 0.0200. The molecule has 0 aliphatic rings. The first-order valence-electron chi connectivity index (χ1n) is 0.840. The van der Waals surface area contributed by atoms with Gasteiger partial charge in [0, 0.05) is 6.20 Å². The maximum atomic E-state index is 6.22. The van der Waals surface area contributed by atoms with Gasteiger partial charge in [0.2, 0.25) is 0 Å². The van der Waals surface area contributed by atoms with Crippen molar-refractivity contribution in [3.8, 4) is 0 Å². The largest absolute Gasteiger partial charge is 0.308 e. The highest BCUT2D eigenvalue weighted by molar-refractivity contribution is 9.11. The molecule has 0 amide bonds. The fraction of sp³-hybridized carbons (Fsp3) is 0. The molecule has 23 valence electrons. The Labute approximate surface area is 33.6 Å². The van der Waals surface area contributed by atoms with Crippen LogP contribution in [0.25, 0.3) is 0 Å². The van der Waals surface area contributed by atoms with Gasteiger partial charge in [0.05, 0.1) is 0 Å². The SMILES string of the molecule is [NH]C=CBr. The molecule has 2 heteroatoms. The van der Waals surface area contributed by atoms with E-state index in [0.29, 0.717) is 0 Å². The van der Waals surface area contributed by atoms with Gasteiger partial charge in [-0.1, -0.05) is 15.9 Å². The van der Waals surface area contributed by atoms with Crippen LogP contribution in [0.3, 0.4) is 0 Å². The van der Waals surface area contributed by atoms with E-state index in [1.807, 2.05) is 0 Å². The van der Waals surface area contributed by atoms with Crippen molar-refractivity contribution in [3.63, 3.8) is 0 Å². The zero-order chi connectivity index (χ0) is 3.41. The lowest BCUT2D eigenvalue weighted by molar-refractivity contribution is 1.54. The Morgan fingerprint density at radius 3 is 2.00 bits per heavy atom. The number of nitrogens with one attached hydrogen (secondary N) is 1. The first-order valence-corrected chi connectivity index (χ1v) is 1.76. The van der Waals surface area contributed by atoms with Crippen LogP contribution in [0, 0.1) is 0 Å². The van der Waals surface area contributed by atoms with Crippen LogP contribution in [-0.4, -0.2) is 0 Å². The number of hydrogen-bond donors (Lipinski definition) is 0. The highest BCUT2D eigenvalue weighted by Gasteiger charge is 1.37. The van der Waals surface area contributed by atoms with Crippen LogP contribution >= 0.6 is 15.9 Å². The standard InChI is InChI=1S/C2H3BrN/c3-1-2-4/h1-2,4H. The summed E-state index contributed by atoms with van der Waals surface area (Å²) >= 11 is 2.88. The minimum Gasteiger partial charge on any atom is -0.308 e. The van der Waals surface area contributed by atoms with Crippen molar-refractivity contribution >= 4 is 15.9 Å². The summed E-state index contributed by atoms with van der Waals surface area (Å²) in [5, 5.41) is 0. The first-order chi connectivity index (χ1) is 1.91. The number of halogens is 1. The molecule has 0 unspecified atom stereocenters.